The lowest BCUT2D eigenvalue weighted by molar-refractivity contribution is -0.130. The number of piperazine rings is 1. The molecule has 0 unspecified atom stereocenters. The van der Waals surface area contributed by atoms with Gasteiger partial charge in [0, 0.05) is 92.5 Å². The van der Waals surface area contributed by atoms with E-state index in [2.05, 4.69) is 37.5 Å². The minimum Gasteiger partial charge on any atom is -0.346 e. The molecule has 0 saturated carbocycles. The van der Waals surface area contributed by atoms with Crippen molar-refractivity contribution >= 4 is 29.1 Å². The average molecular weight is 538 g/mol. The van der Waals surface area contributed by atoms with Crippen molar-refractivity contribution < 1.29 is 14.4 Å². The van der Waals surface area contributed by atoms with Crippen molar-refractivity contribution in [2.45, 2.75) is 66.2 Å². The number of benzene rings is 1. The van der Waals surface area contributed by atoms with Gasteiger partial charge in [0.15, 0.2) is 11.6 Å². The Morgan fingerprint density at radius 2 is 1.32 bits per heavy atom. The quantitative estimate of drug-likeness (QED) is 0.529. The van der Waals surface area contributed by atoms with Gasteiger partial charge in [0.1, 0.15) is 0 Å². The second-order valence-electron chi connectivity index (χ2n) is 13.1. The van der Waals surface area contributed by atoms with Crippen molar-refractivity contribution in [3.63, 3.8) is 0 Å². The molecule has 2 heterocycles. The van der Waals surface area contributed by atoms with E-state index in [1.54, 1.807) is 6.92 Å². The van der Waals surface area contributed by atoms with Crippen molar-refractivity contribution in [2.24, 2.45) is 10.8 Å². The fourth-order valence-corrected chi connectivity index (χ4v) is 6.96. The van der Waals surface area contributed by atoms with Crippen LogP contribution in [0.15, 0.2) is 46.8 Å². The van der Waals surface area contributed by atoms with Gasteiger partial charge in [-0.15, -0.1) is 0 Å². The van der Waals surface area contributed by atoms with Crippen LogP contribution >= 0.6 is 11.6 Å². The number of hydrogen-bond acceptors (Lipinski definition) is 5. The first kappa shape index (κ1) is 27.1. The van der Waals surface area contributed by atoms with Crippen LogP contribution in [0.5, 0.6) is 0 Å². The molecular formula is C31H40ClN3O3. The average Bonchev–Trinajstić information content (AvgIpc) is 2.81. The molecule has 1 fully saturated rings. The molecule has 0 aromatic heterocycles. The smallest absolute Gasteiger partial charge is 0.219 e. The molecule has 204 valence electrons. The minimum absolute atomic E-state index is 0.129. The molecular weight excluding hydrogens is 498 g/mol. The van der Waals surface area contributed by atoms with E-state index >= 15 is 0 Å². The SMILES string of the molecule is CC(=O)N1CCN(CCN2C3=C(C(=O)CC(C)(C)C3)C(c3ccc(Cl)cc3)C3=C2CC(C)(C)CC3=O)CC1. The van der Waals surface area contributed by atoms with Crippen molar-refractivity contribution in [2.75, 3.05) is 39.3 Å². The largest absolute Gasteiger partial charge is 0.346 e. The first-order valence-electron chi connectivity index (χ1n) is 13.9. The van der Waals surface area contributed by atoms with Crippen LogP contribution in [0.2, 0.25) is 5.02 Å². The molecule has 1 amide bonds. The molecule has 1 aromatic rings. The van der Waals surface area contributed by atoms with Gasteiger partial charge in [-0.2, -0.15) is 0 Å². The molecule has 7 heteroatoms. The Balaban J connectivity index is 1.57. The number of amides is 1. The van der Waals surface area contributed by atoms with E-state index < -0.39 is 0 Å². The highest BCUT2D eigenvalue weighted by Crippen LogP contribution is 2.54. The number of nitrogens with zero attached hydrogens (tertiary/aromatic N) is 3. The van der Waals surface area contributed by atoms with Crippen LogP contribution in [0.25, 0.3) is 0 Å². The molecule has 1 saturated heterocycles. The third-order valence-corrected chi connectivity index (χ3v) is 8.93. The number of Topliss-reactive ketones (excluding diaryl/α,β-unsaturated/α-hetero) is 2. The maximum absolute atomic E-state index is 13.9. The summed E-state index contributed by atoms with van der Waals surface area (Å²) in [6.07, 6.45) is 2.58. The number of rotatable bonds is 4. The second-order valence-corrected chi connectivity index (χ2v) is 13.5. The summed E-state index contributed by atoms with van der Waals surface area (Å²) in [6.45, 7) is 15.0. The third-order valence-electron chi connectivity index (χ3n) is 8.68. The molecule has 1 aromatic carbocycles. The van der Waals surface area contributed by atoms with Crippen molar-refractivity contribution in [3.8, 4) is 0 Å². The van der Waals surface area contributed by atoms with Gasteiger partial charge in [-0.25, -0.2) is 0 Å². The zero-order valence-electron chi connectivity index (χ0n) is 23.4. The first-order chi connectivity index (χ1) is 17.8. The Kier molecular flexibility index (Phi) is 7.10. The molecule has 0 bridgehead atoms. The molecule has 0 N–H and O–H groups in total. The Hall–Kier alpha value is -2.44. The highest BCUT2D eigenvalue weighted by molar-refractivity contribution is 6.30. The summed E-state index contributed by atoms with van der Waals surface area (Å²) in [4.78, 5) is 46.2. The number of halogens is 1. The number of hydrogen-bond donors (Lipinski definition) is 0. The summed E-state index contributed by atoms with van der Waals surface area (Å²) in [5.74, 6) is 0.102. The van der Waals surface area contributed by atoms with Crippen molar-refractivity contribution in [1.29, 1.82) is 0 Å². The molecule has 5 rings (SSSR count). The Morgan fingerprint density at radius 1 is 0.816 bits per heavy atom. The molecule has 38 heavy (non-hydrogen) atoms. The lowest BCUT2D eigenvalue weighted by Crippen LogP contribution is -2.51. The van der Waals surface area contributed by atoms with E-state index in [4.69, 9.17) is 11.6 Å². The monoisotopic (exact) mass is 537 g/mol. The van der Waals surface area contributed by atoms with Crippen molar-refractivity contribution in [3.05, 3.63) is 57.4 Å². The van der Waals surface area contributed by atoms with E-state index in [9.17, 15) is 14.4 Å². The molecule has 4 aliphatic rings. The molecule has 6 nitrogen and oxygen atoms in total. The normalized spacial score (nSPS) is 24.1. The van der Waals surface area contributed by atoms with Gasteiger partial charge in [-0.1, -0.05) is 51.4 Å². The van der Waals surface area contributed by atoms with E-state index in [1.807, 2.05) is 29.2 Å². The van der Waals surface area contributed by atoms with Gasteiger partial charge in [0.25, 0.3) is 0 Å². The maximum Gasteiger partial charge on any atom is 0.219 e. The summed E-state index contributed by atoms with van der Waals surface area (Å²) in [6, 6.07) is 7.68. The van der Waals surface area contributed by atoms with Crippen LogP contribution in [0, 0.1) is 10.8 Å². The van der Waals surface area contributed by atoms with Crippen LogP contribution in [0.3, 0.4) is 0 Å². The fourth-order valence-electron chi connectivity index (χ4n) is 6.83. The Bertz CT molecular complexity index is 1170. The summed E-state index contributed by atoms with van der Waals surface area (Å²) in [5.41, 5.74) is 4.49. The summed E-state index contributed by atoms with van der Waals surface area (Å²) < 4.78 is 0. The van der Waals surface area contributed by atoms with Crippen LogP contribution < -0.4 is 0 Å². The summed E-state index contributed by atoms with van der Waals surface area (Å²) in [7, 11) is 0. The van der Waals surface area contributed by atoms with E-state index in [1.165, 1.54) is 0 Å². The lowest BCUT2D eigenvalue weighted by atomic mass is 9.63. The van der Waals surface area contributed by atoms with Crippen LogP contribution in [-0.2, 0) is 14.4 Å². The zero-order valence-corrected chi connectivity index (χ0v) is 24.2. The molecule has 2 aliphatic carbocycles. The summed E-state index contributed by atoms with van der Waals surface area (Å²) in [5, 5.41) is 0.645. The van der Waals surface area contributed by atoms with E-state index in [-0.39, 0.29) is 34.2 Å². The van der Waals surface area contributed by atoms with Crippen molar-refractivity contribution in [1.82, 2.24) is 14.7 Å². The predicted molar refractivity (Wildman–Crippen MR) is 150 cm³/mol. The van der Waals surface area contributed by atoms with Crippen LogP contribution in [-0.4, -0.2) is 71.4 Å². The van der Waals surface area contributed by atoms with Gasteiger partial charge >= 0.3 is 0 Å². The molecule has 2 aliphatic heterocycles. The fraction of sp³-hybridized carbons (Fsp3) is 0.581. The Labute approximate surface area is 231 Å². The molecule has 0 radical (unpaired) electrons. The highest BCUT2D eigenvalue weighted by atomic mass is 35.5. The number of allylic oxidation sites excluding steroid dienone is 4. The van der Waals surface area contributed by atoms with E-state index in [0.717, 1.165) is 80.2 Å². The van der Waals surface area contributed by atoms with Crippen LogP contribution in [0.4, 0.5) is 0 Å². The van der Waals surface area contributed by atoms with Gasteiger partial charge in [-0.05, 0) is 41.4 Å². The first-order valence-corrected chi connectivity index (χ1v) is 14.3. The zero-order chi connectivity index (χ0) is 27.4. The third kappa shape index (κ3) is 5.22. The van der Waals surface area contributed by atoms with Gasteiger partial charge < -0.3 is 9.80 Å². The second kappa shape index (κ2) is 9.95. The van der Waals surface area contributed by atoms with Gasteiger partial charge in [0.2, 0.25) is 5.91 Å². The number of carbonyl (C=O) groups is 3. The highest BCUT2D eigenvalue weighted by Gasteiger charge is 2.48. The maximum atomic E-state index is 13.9. The molecule has 0 spiro atoms. The van der Waals surface area contributed by atoms with Gasteiger partial charge in [0.05, 0.1) is 0 Å². The number of ketones is 2. The topological polar surface area (TPSA) is 60.9 Å². The van der Waals surface area contributed by atoms with Crippen LogP contribution in [0.1, 0.15) is 71.8 Å². The molecule has 0 atom stereocenters. The van der Waals surface area contributed by atoms with Gasteiger partial charge in [-0.3, -0.25) is 19.3 Å². The predicted octanol–water partition coefficient (Wildman–Crippen LogP) is 5.19. The lowest BCUT2D eigenvalue weighted by Gasteiger charge is -2.49. The van der Waals surface area contributed by atoms with E-state index in [0.29, 0.717) is 17.9 Å². The number of carbonyl (C=O) groups excluding carboxylic acids is 3. The summed E-state index contributed by atoms with van der Waals surface area (Å²) >= 11 is 6.23. The Morgan fingerprint density at radius 3 is 1.79 bits per heavy atom. The standard InChI is InChI=1S/C31H40ClN3O3/c1-20(36)34-13-10-33(11-14-34)12-15-35-23-16-30(2,3)18-25(37)28(23)27(21-6-8-22(32)9-7-21)29-24(35)17-31(4,5)19-26(29)38/h6-9,27H,10-19H2,1-5H3. The minimum atomic E-state index is -0.333.